The SMILES string of the molecule is CC1(C(N)=O)CCC(n2c(Cc3c(Cl)cc(OC(F)(F)F)cc3Cl)nc3cnc(CC4CCC4)nc32)CC1. The number of benzene rings is 1. The molecule has 1 amide bonds. The van der Waals surface area contributed by atoms with Gasteiger partial charge in [0.2, 0.25) is 5.91 Å². The number of hydrogen-bond donors (Lipinski definition) is 1. The van der Waals surface area contributed by atoms with Gasteiger partial charge in [-0.3, -0.25) is 4.79 Å². The number of nitrogens with two attached hydrogens (primary N) is 1. The number of carbonyl (C=O) groups is 1. The maximum Gasteiger partial charge on any atom is 0.573 e. The van der Waals surface area contributed by atoms with E-state index >= 15 is 0 Å². The van der Waals surface area contributed by atoms with Gasteiger partial charge in [-0.25, -0.2) is 15.0 Å². The van der Waals surface area contributed by atoms with Gasteiger partial charge in [0.05, 0.1) is 6.20 Å². The summed E-state index contributed by atoms with van der Waals surface area (Å²) in [6.45, 7) is 1.89. The molecule has 38 heavy (non-hydrogen) atoms. The maximum absolute atomic E-state index is 12.7. The van der Waals surface area contributed by atoms with Crippen molar-refractivity contribution >= 4 is 40.3 Å². The summed E-state index contributed by atoms with van der Waals surface area (Å²) < 4.78 is 44.2. The predicted molar refractivity (Wildman–Crippen MR) is 137 cm³/mol. The Hall–Kier alpha value is -2.59. The lowest BCUT2D eigenvalue weighted by molar-refractivity contribution is -0.274. The highest BCUT2D eigenvalue weighted by Crippen LogP contribution is 2.43. The smallest absolute Gasteiger partial charge is 0.406 e. The number of imidazole rings is 1. The highest BCUT2D eigenvalue weighted by atomic mass is 35.5. The second-order valence-electron chi connectivity index (χ2n) is 10.6. The number of rotatable bonds is 7. The number of nitrogens with zero attached hydrogens (tertiary/aromatic N) is 4. The number of primary amides is 1. The van der Waals surface area contributed by atoms with E-state index in [0.29, 0.717) is 54.2 Å². The van der Waals surface area contributed by atoms with E-state index in [2.05, 4.69) is 14.3 Å². The summed E-state index contributed by atoms with van der Waals surface area (Å²) in [5.41, 5.74) is 6.84. The molecular formula is C26H28Cl2F3N5O2. The first-order valence-corrected chi connectivity index (χ1v) is 13.4. The first-order valence-electron chi connectivity index (χ1n) is 12.7. The highest BCUT2D eigenvalue weighted by molar-refractivity contribution is 6.36. The number of carbonyl (C=O) groups excluding carboxylic acids is 1. The van der Waals surface area contributed by atoms with Crippen molar-refractivity contribution in [2.75, 3.05) is 0 Å². The Kier molecular flexibility index (Phi) is 7.24. The zero-order valence-electron chi connectivity index (χ0n) is 20.8. The molecule has 12 heteroatoms. The quantitative estimate of drug-likeness (QED) is 0.347. The number of hydrogen-bond acceptors (Lipinski definition) is 5. The van der Waals surface area contributed by atoms with Crippen LogP contribution in [-0.4, -0.2) is 31.8 Å². The molecule has 0 bridgehead atoms. The van der Waals surface area contributed by atoms with E-state index in [4.69, 9.17) is 38.9 Å². The lowest BCUT2D eigenvalue weighted by atomic mass is 9.73. The van der Waals surface area contributed by atoms with Gasteiger partial charge in [-0.1, -0.05) is 49.4 Å². The molecule has 0 aliphatic heterocycles. The fraction of sp³-hybridized carbons (Fsp3) is 0.538. The zero-order chi connectivity index (χ0) is 27.2. The molecule has 1 aromatic carbocycles. The van der Waals surface area contributed by atoms with Gasteiger partial charge in [-0.2, -0.15) is 0 Å². The van der Waals surface area contributed by atoms with Crippen LogP contribution in [0.3, 0.4) is 0 Å². The van der Waals surface area contributed by atoms with Crippen molar-refractivity contribution in [2.24, 2.45) is 17.1 Å². The summed E-state index contributed by atoms with van der Waals surface area (Å²) in [7, 11) is 0. The Morgan fingerprint density at radius 1 is 1.16 bits per heavy atom. The molecule has 2 aromatic heterocycles. The number of halogens is 5. The van der Waals surface area contributed by atoms with Crippen LogP contribution < -0.4 is 10.5 Å². The summed E-state index contributed by atoms with van der Waals surface area (Å²) in [6.07, 6.45) is 4.03. The summed E-state index contributed by atoms with van der Waals surface area (Å²) in [6, 6.07) is 2.19. The van der Waals surface area contributed by atoms with Crippen molar-refractivity contribution in [2.45, 2.75) is 77.1 Å². The van der Waals surface area contributed by atoms with Crippen molar-refractivity contribution in [1.82, 2.24) is 19.5 Å². The number of fused-ring (bicyclic) bond motifs is 1. The molecule has 0 saturated heterocycles. The minimum atomic E-state index is -4.86. The molecular weight excluding hydrogens is 542 g/mol. The number of amides is 1. The minimum absolute atomic E-state index is 0.000681. The van der Waals surface area contributed by atoms with Crippen LogP contribution in [0.25, 0.3) is 11.2 Å². The van der Waals surface area contributed by atoms with Crippen LogP contribution in [0.1, 0.15) is 75.1 Å². The molecule has 2 aliphatic carbocycles. The van der Waals surface area contributed by atoms with E-state index in [-0.39, 0.29) is 28.4 Å². The summed E-state index contributed by atoms with van der Waals surface area (Å²) in [5, 5.41) is 0.0779. The first-order chi connectivity index (χ1) is 17.9. The van der Waals surface area contributed by atoms with Gasteiger partial charge < -0.3 is 15.0 Å². The van der Waals surface area contributed by atoms with Gasteiger partial charge in [0, 0.05) is 34.3 Å². The molecule has 0 unspecified atom stereocenters. The largest absolute Gasteiger partial charge is 0.573 e. The Bertz CT molecular complexity index is 1340. The molecule has 5 rings (SSSR count). The molecule has 0 atom stereocenters. The van der Waals surface area contributed by atoms with E-state index in [1.807, 2.05) is 6.92 Å². The second kappa shape index (κ2) is 10.2. The fourth-order valence-corrected chi connectivity index (χ4v) is 5.98. The molecule has 204 valence electrons. The Balaban J connectivity index is 1.52. The number of alkyl halides is 3. The van der Waals surface area contributed by atoms with Crippen LogP contribution in [0.4, 0.5) is 13.2 Å². The van der Waals surface area contributed by atoms with Crippen LogP contribution in [0.5, 0.6) is 5.75 Å². The number of ether oxygens (including phenoxy) is 1. The average molecular weight is 570 g/mol. The van der Waals surface area contributed by atoms with Crippen molar-refractivity contribution in [3.63, 3.8) is 0 Å². The molecule has 0 radical (unpaired) electrons. The predicted octanol–water partition coefficient (Wildman–Crippen LogP) is 6.57. The van der Waals surface area contributed by atoms with Gasteiger partial charge in [0.25, 0.3) is 0 Å². The number of aromatic nitrogens is 4. The third-order valence-corrected chi connectivity index (χ3v) is 8.63. The normalized spacial score (nSPS) is 22.4. The van der Waals surface area contributed by atoms with Gasteiger partial charge in [0.15, 0.2) is 5.65 Å². The van der Waals surface area contributed by atoms with Crippen molar-refractivity contribution in [3.8, 4) is 5.75 Å². The van der Waals surface area contributed by atoms with Crippen LogP contribution in [0.15, 0.2) is 18.3 Å². The van der Waals surface area contributed by atoms with Crippen LogP contribution in [0.2, 0.25) is 10.0 Å². The molecule has 3 aromatic rings. The van der Waals surface area contributed by atoms with E-state index in [9.17, 15) is 18.0 Å². The second-order valence-corrected chi connectivity index (χ2v) is 11.5. The van der Waals surface area contributed by atoms with Crippen LogP contribution >= 0.6 is 23.2 Å². The standard InChI is InChI=1S/C26H28Cl2F3N5O2/c1-25(24(32)37)7-5-15(6-8-25)36-22(12-17-18(27)10-16(11-19(17)28)38-26(29,30)31)34-20-13-33-21(35-23(20)36)9-14-3-2-4-14/h10-11,13-15H,2-9,12H2,1H3,(H2,32,37). The van der Waals surface area contributed by atoms with Gasteiger partial charge in [-0.15, -0.1) is 13.2 Å². The van der Waals surface area contributed by atoms with Crippen LogP contribution in [0, 0.1) is 11.3 Å². The third kappa shape index (κ3) is 5.57. The Labute approximate surface area is 227 Å². The highest BCUT2D eigenvalue weighted by Gasteiger charge is 2.38. The molecule has 7 nitrogen and oxygen atoms in total. The van der Waals surface area contributed by atoms with E-state index in [0.717, 1.165) is 24.4 Å². The first kappa shape index (κ1) is 27.0. The topological polar surface area (TPSA) is 95.9 Å². The Morgan fingerprint density at radius 2 is 1.82 bits per heavy atom. The lowest BCUT2D eigenvalue weighted by Crippen LogP contribution is -2.38. The third-order valence-electron chi connectivity index (χ3n) is 7.95. The van der Waals surface area contributed by atoms with Gasteiger partial charge in [0.1, 0.15) is 22.9 Å². The average Bonchev–Trinajstić information content (AvgIpc) is 3.15. The molecule has 2 aliphatic rings. The van der Waals surface area contributed by atoms with E-state index in [1.165, 1.54) is 19.3 Å². The maximum atomic E-state index is 12.7. The molecule has 0 spiro atoms. The van der Waals surface area contributed by atoms with Gasteiger partial charge in [-0.05, 0) is 49.3 Å². The summed E-state index contributed by atoms with van der Waals surface area (Å²) >= 11 is 12.8. The molecule has 2 fully saturated rings. The minimum Gasteiger partial charge on any atom is -0.406 e. The lowest BCUT2D eigenvalue weighted by Gasteiger charge is -2.36. The van der Waals surface area contributed by atoms with Crippen LogP contribution in [-0.2, 0) is 17.6 Å². The van der Waals surface area contributed by atoms with Crippen molar-refractivity contribution < 1.29 is 22.7 Å². The van der Waals surface area contributed by atoms with Gasteiger partial charge >= 0.3 is 6.36 Å². The monoisotopic (exact) mass is 569 g/mol. The van der Waals surface area contributed by atoms with E-state index < -0.39 is 17.5 Å². The molecule has 2 heterocycles. The Morgan fingerprint density at radius 3 is 2.37 bits per heavy atom. The summed E-state index contributed by atoms with van der Waals surface area (Å²) in [4.78, 5) is 26.3. The summed E-state index contributed by atoms with van der Waals surface area (Å²) in [5.74, 6) is 1.17. The molecule has 2 saturated carbocycles. The zero-order valence-corrected chi connectivity index (χ0v) is 22.3. The van der Waals surface area contributed by atoms with E-state index in [1.54, 1.807) is 6.20 Å². The molecule has 2 N–H and O–H groups in total. The fourth-order valence-electron chi connectivity index (χ4n) is 5.38. The van der Waals surface area contributed by atoms with Crippen molar-refractivity contribution in [1.29, 1.82) is 0 Å². The van der Waals surface area contributed by atoms with Crippen molar-refractivity contribution in [3.05, 3.63) is 45.6 Å².